The lowest BCUT2D eigenvalue weighted by molar-refractivity contribution is -0.173. The first-order valence-corrected chi connectivity index (χ1v) is 4.20. The molecule has 0 aliphatic rings. The van der Waals surface area contributed by atoms with Crippen molar-refractivity contribution in [1.29, 1.82) is 0 Å². The molecule has 0 fully saturated rings. The molecule has 0 aliphatic carbocycles. The number of carboxylic acids is 1. The van der Waals surface area contributed by atoms with Crippen molar-refractivity contribution in [2.75, 3.05) is 0 Å². The van der Waals surface area contributed by atoms with Crippen LogP contribution in [0.25, 0.3) is 0 Å². The monoisotopic (exact) mass is 252 g/mol. The van der Waals surface area contributed by atoms with E-state index < -0.39 is 24.6 Å². The van der Waals surface area contributed by atoms with Crippen LogP contribution in [-0.2, 0) is 18.4 Å². The van der Waals surface area contributed by atoms with Crippen LogP contribution in [-0.4, -0.2) is 38.2 Å². The van der Waals surface area contributed by atoms with Crippen molar-refractivity contribution in [1.82, 2.24) is 20.3 Å². The molecule has 1 heterocycles. The predicted molar refractivity (Wildman–Crippen MR) is 45.9 cm³/mol. The van der Waals surface area contributed by atoms with Crippen LogP contribution in [0, 0.1) is 0 Å². The molecule has 1 aromatic heterocycles. The van der Waals surface area contributed by atoms with E-state index in [1.54, 1.807) is 0 Å². The third-order valence-electron chi connectivity index (χ3n) is 1.77. The number of aromatic nitrogens is 3. The summed E-state index contributed by atoms with van der Waals surface area (Å²) >= 11 is 0. The number of alkyl halides is 3. The van der Waals surface area contributed by atoms with E-state index in [1.807, 2.05) is 0 Å². The summed E-state index contributed by atoms with van der Waals surface area (Å²) < 4.78 is 36.4. The molecule has 0 aromatic carbocycles. The van der Waals surface area contributed by atoms with Crippen LogP contribution in [0.1, 0.15) is 16.2 Å². The van der Waals surface area contributed by atoms with Crippen molar-refractivity contribution in [3.63, 3.8) is 0 Å². The number of nitrogens with one attached hydrogen (secondary N) is 1. The van der Waals surface area contributed by atoms with Crippen molar-refractivity contribution in [2.45, 2.75) is 12.7 Å². The Kier molecular flexibility index (Phi) is 3.34. The van der Waals surface area contributed by atoms with E-state index in [9.17, 15) is 22.8 Å². The summed E-state index contributed by atoms with van der Waals surface area (Å²) in [6.07, 6.45) is -5.02. The second-order valence-corrected chi connectivity index (χ2v) is 2.99. The maximum absolute atomic E-state index is 11.8. The quantitative estimate of drug-likeness (QED) is 0.769. The van der Waals surface area contributed by atoms with Crippen LogP contribution in [0.15, 0.2) is 0 Å². The van der Waals surface area contributed by atoms with Crippen molar-refractivity contribution < 1.29 is 27.9 Å². The number of carbonyl (C=O) groups excluding carboxylic acids is 1. The number of amides is 1. The summed E-state index contributed by atoms with van der Waals surface area (Å²) in [4.78, 5) is 21.2. The highest BCUT2D eigenvalue weighted by atomic mass is 19.4. The Labute approximate surface area is 92.2 Å². The molecule has 0 radical (unpaired) electrons. The van der Waals surface area contributed by atoms with Crippen molar-refractivity contribution >= 4 is 11.9 Å². The lowest BCUT2D eigenvalue weighted by Crippen LogP contribution is -2.36. The molecule has 0 unspecified atom stereocenters. The highest BCUT2D eigenvalue weighted by Crippen LogP contribution is 2.14. The normalized spacial score (nSPS) is 11.3. The molecule has 94 valence electrons. The molecule has 2 N–H and O–H groups in total. The fraction of sp³-hybridized carbons (Fsp3) is 0.429. The molecule has 0 bridgehead atoms. The number of hydrogen-bond donors (Lipinski definition) is 2. The topological polar surface area (TPSA) is 97.1 Å². The second kappa shape index (κ2) is 4.39. The molecular weight excluding hydrogens is 245 g/mol. The van der Waals surface area contributed by atoms with Crippen molar-refractivity contribution in [2.24, 2.45) is 7.05 Å². The van der Waals surface area contributed by atoms with Gasteiger partial charge in [-0.25, -0.2) is 9.48 Å². The summed E-state index contributed by atoms with van der Waals surface area (Å²) in [5.41, 5.74) is -0.634. The third kappa shape index (κ3) is 2.92. The van der Waals surface area contributed by atoms with E-state index in [4.69, 9.17) is 5.11 Å². The van der Waals surface area contributed by atoms with Gasteiger partial charge in [-0.05, 0) is 0 Å². The summed E-state index contributed by atoms with van der Waals surface area (Å²) in [5, 5.41) is 16.9. The van der Waals surface area contributed by atoms with E-state index >= 15 is 0 Å². The molecule has 0 saturated carbocycles. The zero-order valence-corrected chi connectivity index (χ0v) is 8.45. The Bertz CT molecular complexity index is 454. The molecule has 1 aromatic rings. The van der Waals surface area contributed by atoms with Gasteiger partial charge in [-0.2, -0.15) is 13.2 Å². The average molecular weight is 252 g/mol. The van der Waals surface area contributed by atoms with Gasteiger partial charge in [0.15, 0.2) is 5.69 Å². The van der Waals surface area contributed by atoms with Crippen LogP contribution in [0.4, 0.5) is 13.2 Å². The van der Waals surface area contributed by atoms with Gasteiger partial charge in [0.25, 0.3) is 0 Å². The summed E-state index contributed by atoms with van der Waals surface area (Å²) in [7, 11) is 1.27. The van der Waals surface area contributed by atoms with Crippen LogP contribution in [0.2, 0.25) is 0 Å². The molecule has 0 spiro atoms. The van der Waals surface area contributed by atoms with E-state index in [2.05, 4.69) is 10.3 Å². The molecule has 1 rings (SSSR count). The summed E-state index contributed by atoms with van der Waals surface area (Å²) in [6, 6.07) is 0. The van der Waals surface area contributed by atoms with Gasteiger partial charge < -0.3 is 10.4 Å². The molecule has 0 aliphatic heterocycles. The predicted octanol–water partition coefficient (Wildman–Crippen LogP) is -0.308. The molecule has 0 atom stereocenters. The van der Waals surface area contributed by atoms with Gasteiger partial charge in [0.2, 0.25) is 0 Å². The number of halogens is 3. The zero-order valence-electron chi connectivity index (χ0n) is 8.45. The molecule has 10 heteroatoms. The van der Waals surface area contributed by atoms with Gasteiger partial charge in [-0.15, -0.1) is 5.10 Å². The molecular formula is C7H7F3N4O3. The fourth-order valence-electron chi connectivity index (χ4n) is 1.05. The first-order chi connectivity index (χ1) is 7.73. The lowest BCUT2D eigenvalue weighted by atomic mass is 10.3. The maximum Gasteiger partial charge on any atom is 0.471 e. The Balaban J connectivity index is 2.77. The minimum atomic E-state index is -5.02. The van der Waals surface area contributed by atoms with Gasteiger partial charge >= 0.3 is 18.1 Å². The minimum Gasteiger partial charge on any atom is -0.476 e. The molecule has 0 saturated heterocycles. The van der Waals surface area contributed by atoms with Gasteiger partial charge in [0, 0.05) is 7.05 Å². The van der Waals surface area contributed by atoms with E-state index in [1.165, 1.54) is 12.4 Å². The van der Waals surface area contributed by atoms with Crippen LogP contribution < -0.4 is 5.32 Å². The standard InChI is InChI=1S/C7H7F3N4O3/c1-14-4(5(15)16)3(12-13-14)2-11-6(17)7(8,9)10/h2H2,1H3,(H,11,17)(H,15,16). The zero-order chi connectivity index (χ0) is 13.2. The first-order valence-electron chi connectivity index (χ1n) is 4.20. The number of aromatic carboxylic acids is 1. The summed E-state index contributed by atoms with van der Waals surface area (Å²) in [6.45, 7) is -0.659. The smallest absolute Gasteiger partial charge is 0.471 e. The van der Waals surface area contributed by atoms with Crippen molar-refractivity contribution in [3.05, 3.63) is 11.4 Å². The number of carbonyl (C=O) groups is 2. The first kappa shape index (κ1) is 12.9. The second-order valence-electron chi connectivity index (χ2n) is 2.99. The number of hydrogen-bond acceptors (Lipinski definition) is 4. The van der Waals surface area contributed by atoms with Gasteiger partial charge in [-0.3, -0.25) is 4.79 Å². The lowest BCUT2D eigenvalue weighted by Gasteiger charge is -2.06. The van der Waals surface area contributed by atoms with E-state index in [0.29, 0.717) is 0 Å². The number of aryl methyl sites for hydroxylation is 1. The van der Waals surface area contributed by atoms with Gasteiger partial charge in [0.05, 0.1) is 6.54 Å². The highest BCUT2D eigenvalue weighted by molar-refractivity contribution is 5.87. The third-order valence-corrected chi connectivity index (χ3v) is 1.77. The molecule has 1 amide bonds. The number of nitrogens with zero attached hydrogens (tertiary/aromatic N) is 3. The number of rotatable bonds is 3. The van der Waals surface area contributed by atoms with Crippen molar-refractivity contribution in [3.8, 4) is 0 Å². The fourth-order valence-corrected chi connectivity index (χ4v) is 1.05. The van der Waals surface area contributed by atoms with E-state index in [0.717, 1.165) is 4.68 Å². The highest BCUT2D eigenvalue weighted by Gasteiger charge is 2.38. The number of carboxylic acid groups (broad SMARTS) is 1. The Hall–Kier alpha value is -2.13. The SMILES string of the molecule is Cn1nnc(CNC(=O)C(F)(F)F)c1C(=O)O. The maximum atomic E-state index is 11.8. The minimum absolute atomic E-state index is 0.252. The Morgan fingerprint density at radius 3 is 2.53 bits per heavy atom. The Morgan fingerprint density at radius 2 is 2.06 bits per heavy atom. The van der Waals surface area contributed by atoms with Gasteiger partial charge in [0.1, 0.15) is 5.69 Å². The summed E-state index contributed by atoms with van der Waals surface area (Å²) in [5.74, 6) is -3.56. The van der Waals surface area contributed by atoms with E-state index in [-0.39, 0.29) is 11.4 Å². The van der Waals surface area contributed by atoms with Crippen LogP contribution in [0.5, 0.6) is 0 Å². The van der Waals surface area contributed by atoms with Crippen LogP contribution >= 0.6 is 0 Å². The van der Waals surface area contributed by atoms with Gasteiger partial charge in [-0.1, -0.05) is 5.21 Å². The average Bonchev–Trinajstić information content (AvgIpc) is 2.54. The largest absolute Gasteiger partial charge is 0.476 e. The Morgan fingerprint density at radius 1 is 1.47 bits per heavy atom. The molecule has 7 nitrogen and oxygen atoms in total. The molecule has 17 heavy (non-hydrogen) atoms. The van der Waals surface area contributed by atoms with Crippen LogP contribution in [0.3, 0.4) is 0 Å².